The van der Waals surface area contributed by atoms with Gasteiger partial charge in [0.05, 0.1) is 0 Å². The molecule has 0 bridgehead atoms. The van der Waals surface area contributed by atoms with Gasteiger partial charge in [-0.2, -0.15) is 0 Å². The Morgan fingerprint density at radius 2 is 1.87 bits per heavy atom. The number of halogens is 1. The second kappa shape index (κ2) is 12.9. The highest BCUT2D eigenvalue weighted by molar-refractivity contribution is 14.0. The SMILES string of the molecule is CN=C(NCCCN1CCC(C)CC1)NCC1(c2ccccc2C)CCOCC1.I. The summed E-state index contributed by atoms with van der Waals surface area (Å²) < 4.78 is 5.68. The lowest BCUT2D eigenvalue weighted by molar-refractivity contribution is 0.0512. The van der Waals surface area contributed by atoms with Crippen molar-refractivity contribution >= 4 is 29.9 Å². The minimum atomic E-state index is 0. The number of piperidine rings is 1. The van der Waals surface area contributed by atoms with E-state index in [9.17, 15) is 0 Å². The van der Waals surface area contributed by atoms with Gasteiger partial charge in [-0.1, -0.05) is 31.2 Å². The lowest BCUT2D eigenvalue weighted by atomic mass is 9.72. The van der Waals surface area contributed by atoms with E-state index in [2.05, 4.69) is 58.6 Å². The molecule has 2 heterocycles. The Labute approximate surface area is 200 Å². The molecule has 2 aliphatic heterocycles. The molecule has 0 spiro atoms. The van der Waals surface area contributed by atoms with E-state index < -0.39 is 0 Å². The van der Waals surface area contributed by atoms with E-state index in [1.165, 1.54) is 43.6 Å². The zero-order valence-electron chi connectivity index (χ0n) is 19.1. The van der Waals surface area contributed by atoms with E-state index in [0.717, 1.165) is 57.4 Å². The molecule has 0 aromatic heterocycles. The fourth-order valence-electron chi connectivity index (χ4n) is 4.74. The Balaban J connectivity index is 0.00000320. The third kappa shape index (κ3) is 7.09. The Kier molecular flexibility index (Phi) is 10.9. The average Bonchev–Trinajstić information content (AvgIpc) is 2.75. The molecule has 5 nitrogen and oxygen atoms in total. The van der Waals surface area contributed by atoms with E-state index in [-0.39, 0.29) is 29.4 Å². The van der Waals surface area contributed by atoms with Crippen LogP contribution in [0, 0.1) is 12.8 Å². The Bertz CT molecular complexity index is 652. The molecule has 0 unspecified atom stereocenters. The van der Waals surface area contributed by atoms with E-state index in [1.54, 1.807) is 0 Å². The van der Waals surface area contributed by atoms with Crippen LogP contribution in [0.4, 0.5) is 0 Å². The van der Waals surface area contributed by atoms with E-state index in [1.807, 2.05) is 7.05 Å². The molecule has 0 radical (unpaired) electrons. The van der Waals surface area contributed by atoms with Crippen molar-refractivity contribution in [3.8, 4) is 0 Å². The van der Waals surface area contributed by atoms with Crippen LogP contribution in [0.25, 0.3) is 0 Å². The van der Waals surface area contributed by atoms with Crippen LogP contribution in [0.1, 0.15) is 50.2 Å². The van der Waals surface area contributed by atoms with Gasteiger partial charge in [0.15, 0.2) is 5.96 Å². The molecule has 1 aromatic carbocycles. The highest BCUT2D eigenvalue weighted by atomic mass is 127. The summed E-state index contributed by atoms with van der Waals surface area (Å²) in [5, 5.41) is 7.14. The maximum Gasteiger partial charge on any atom is 0.191 e. The summed E-state index contributed by atoms with van der Waals surface area (Å²) in [5.74, 6) is 1.81. The lowest BCUT2D eigenvalue weighted by Crippen LogP contribution is -2.48. The van der Waals surface area contributed by atoms with Gasteiger partial charge in [0, 0.05) is 38.8 Å². The quantitative estimate of drug-likeness (QED) is 0.244. The number of nitrogens with zero attached hydrogens (tertiary/aromatic N) is 2. The van der Waals surface area contributed by atoms with Crippen LogP contribution in [0.15, 0.2) is 29.3 Å². The molecule has 1 aromatic rings. The maximum absolute atomic E-state index is 5.68. The first kappa shape index (κ1) is 25.4. The highest BCUT2D eigenvalue weighted by Crippen LogP contribution is 2.36. The Morgan fingerprint density at radius 1 is 1.17 bits per heavy atom. The third-order valence-electron chi connectivity index (χ3n) is 6.80. The van der Waals surface area contributed by atoms with Crippen molar-refractivity contribution in [1.29, 1.82) is 0 Å². The number of benzene rings is 1. The second-order valence-electron chi connectivity index (χ2n) is 8.94. The zero-order valence-corrected chi connectivity index (χ0v) is 21.4. The topological polar surface area (TPSA) is 48.9 Å². The van der Waals surface area contributed by atoms with Crippen LogP contribution in [0.3, 0.4) is 0 Å². The van der Waals surface area contributed by atoms with Crippen molar-refractivity contribution in [3.63, 3.8) is 0 Å². The van der Waals surface area contributed by atoms with Crippen LogP contribution >= 0.6 is 24.0 Å². The van der Waals surface area contributed by atoms with Gasteiger partial charge in [-0.05, 0) is 75.7 Å². The van der Waals surface area contributed by atoms with Crippen molar-refractivity contribution in [2.45, 2.75) is 51.4 Å². The number of likely N-dealkylation sites (tertiary alicyclic amines) is 1. The van der Waals surface area contributed by atoms with Gasteiger partial charge in [0.1, 0.15) is 0 Å². The third-order valence-corrected chi connectivity index (χ3v) is 6.80. The predicted molar refractivity (Wildman–Crippen MR) is 137 cm³/mol. The number of ether oxygens (including phenoxy) is 1. The predicted octanol–water partition coefficient (Wildman–Crippen LogP) is 3.95. The van der Waals surface area contributed by atoms with Crippen LogP contribution in [-0.4, -0.2) is 63.8 Å². The highest BCUT2D eigenvalue weighted by Gasteiger charge is 2.35. The van der Waals surface area contributed by atoms with Crippen molar-refractivity contribution in [1.82, 2.24) is 15.5 Å². The van der Waals surface area contributed by atoms with E-state index in [4.69, 9.17) is 4.74 Å². The molecule has 6 heteroatoms. The van der Waals surface area contributed by atoms with E-state index in [0.29, 0.717) is 0 Å². The minimum absolute atomic E-state index is 0. The summed E-state index contributed by atoms with van der Waals surface area (Å²) in [7, 11) is 1.87. The molecule has 30 heavy (non-hydrogen) atoms. The second-order valence-corrected chi connectivity index (χ2v) is 8.94. The standard InChI is InChI=1S/C24H40N4O.HI/c1-20-9-15-28(16-10-20)14-6-13-26-23(25-3)27-19-24(11-17-29-18-12-24)22-8-5-4-7-21(22)2;/h4-5,7-8,20H,6,9-19H2,1-3H3,(H2,25,26,27);1H. The van der Waals surface area contributed by atoms with Gasteiger partial charge in [-0.25, -0.2) is 0 Å². The van der Waals surface area contributed by atoms with E-state index >= 15 is 0 Å². The number of rotatable bonds is 7. The number of hydrogen-bond donors (Lipinski definition) is 2. The zero-order chi connectivity index (χ0) is 20.5. The van der Waals surface area contributed by atoms with Crippen molar-refractivity contribution in [2.75, 3.05) is 53.0 Å². The first-order valence-electron chi connectivity index (χ1n) is 11.4. The fourth-order valence-corrected chi connectivity index (χ4v) is 4.74. The van der Waals surface area contributed by atoms with Gasteiger partial charge in [0.2, 0.25) is 0 Å². The summed E-state index contributed by atoms with van der Waals surface area (Å²) in [6.45, 7) is 11.8. The molecule has 0 aliphatic carbocycles. The van der Waals surface area contributed by atoms with Crippen LogP contribution in [0.2, 0.25) is 0 Å². The van der Waals surface area contributed by atoms with Gasteiger partial charge in [-0.3, -0.25) is 4.99 Å². The fraction of sp³-hybridized carbons (Fsp3) is 0.708. The molecule has 2 N–H and O–H groups in total. The molecule has 3 rings (SSSR count). The molecule has 170 valence electrons. The van der Waals surface area contributed by atoms with Gasteiger partial charge in [0.25, 0.3) is 0 Å². The summed E-state index contributed by atoms with van der Waals surface area (Å²) in [5.41, 5.74) is 2.94. The minimum Gasteiger partial charge on any atom is -0.381 e. The summed E-state index contributed by atoms with van der Waals surface area (Å²) in [6, 6.07) is 8.80. The number of nitrogens with one attached hydrogen (secondary N) is 2. The van der Waals surface area contributed by atoms with Crippen LogP contribution < -0.4 is 10.6 Å². The monoisotopic (exact) mass is 528 g/mol. The number of aliphatic imine (C=N–C) groups is 1. The lowest BCUT2D eigenvalue weighted by Gasteiger charge is -2.39. The molecule has 2 fully saturated rings. The molecule has 0 saturated carbocycles. The normalized spacial score (nSPS) is 20.4. The van der Waals surface area contributed by atoms with Gasteiger partial charge >= 0.3 is 0 Å². The average molecular weight is 529 g/mol. The van der Waals surface area contributed by atoms with Gasteiger partial charge < -0.3 is 20.3 Å². The van der Waals surface area contributed by atoms with Crippen molar-refractivity contribution in [3.05, 3.63) is 35.4 Å². The molecule has 2 saturated heterocycles. The Morgan fingerprint density at radius 3 is 2.53 bits per heavy atom. The largest absolute Gasteiger partial charge is 0.381 e. The number of guanidine groups is 1. The van der Waals surface area contributed by atoms with Crippen LogP contribution in [-0.2, 0) is 10.2 Å². The molecule has 0 amide bonds. The maximum atomic E-state index is 5.68. The summed E-state index contributed by atoms with van der Waals surface area (Å²) in [4.78, 5) is 7.07. The smallest absolute Gasteiger partial charge is 0.191 e. The molecule has 0 atom stereocenters. The first-order valence-corrected chi connectivity index (χ1v) is 11.4. The number of hydrogen-bond acceptors (Lipinski definition) is 3. The van der Waals surface area contributed by atoms with Gasteiger partial charge in [-0.15, -0.1) is 24.0 Å². The molecular weight excluding hydrogens is 487 g/mol. The van der Waals surface area contributed by atoms with Crippen LogP contribution in [0.5, 0.6) is 0 Å². The first-order chi connectivity index (χ1) is 14.1. The molecular formula is C24H41IN4O. The van der Waals surface area contributed by atoms with Crippen molar-refractivity contribution < 1.29 is 4.74 Å². The van der Waals surface area contributed by atoms with Crippen molar-refractivity contribution in [2.24, 2.45) is 10.9 Å². The number of aryl methyl sites for hydroxylation is 1. The molecule has 2 aliphatic rings. The summed E-state index contributed by atoms with van der Waals surface area (Å²) >= 11 is 0. The summed E-state index contributed by atoms with van der Waals surface area (Å²) in [6.07, 6.45) is 5.96. The Hall–Kier alpha value is -0.860.